The lowest BCUT2D eigenvalue weighted by Crippen LogP contribution is -2.39. The van der Waals surface area contributed by atoms with Gasteiger partial charge in [-0.15, -0.1) is 0 Å². The summed E-state index contributed by atoms with van der Waals surface area (Å²) in [5.74, 6) is 0.315. The number of nitrogens with one attached hydrogen (secondary N) is 1. The fourth-order valence-corrected chi connectivity index (χ4v) is 4.26. The van der Waals surface area contributed by atoms with E-state index in [1.54, 1.807) is 33.7 Å². The molecule has 2 heterocycles. The molecule has 1 N–H and O–H groups in total. The van der Waals surface area contributed by atoms with Gasteiger partial charge in [0, 0.05) is 19.5 Å². The van der Waals surface area contributed by atoms with E-state index in [1.165, 1.54) is 7.11 Å². The maximum Gasteiger partial charge on any atom is 0.347 e. The number of likely N-dealkylation sites (tertiary alicyclic amines) is 1. The summed E-state index contributed by atoms with van der Waals surface area (Å²) in [6, 6.07) is 14.4. The lowest BCUT2D eigenvalue weighted by Gasteiger charge is -2.32. The number of nitrogens with zero attached hydrogens (tertiary/aromatic N) is 3. The van der Waals surface area contributed by atoms with Crippen molar-refractivity contribution >= 4 is 11.9 Å². The topological polar surface area (TPSA) is 97.3 Å². The molecule has 0 saturated carbocycles. The van der Waals surface area contributed by atoms with Gasteiger partial charge in [-0.1, -0.05) is 30.3 Å². The predicted octanol–water partition coefficient (Wildman–Crippen LogP) is 2.75. The van der Waals surface area contributed by atoms with Gasteiger partial charge >= 0.3 is 11.7 Å². The molecule has 0 aliphatic carbocycles. The highest BCUT2D eigenvalue weighted by Crippen LogP contribution is 2.24. The van der Waals surface area contributed by atoms with Gasteiger partial charge in [0.15, 0.2) is 0 Å². The van der Waals surface area contributed by atoms with Crippen LogP contribution in [0.2, 0.25) is 0 Å². The molecule has 0 radical (unpaired) electrons. The molecule has 0 spiro atoms. The van der Waals surface area contributed by atoms with Crippen LogP contribution in [0.5, 0.6) is 0 Å². The molecule has 8 heteroatoms. The van der Waals surface area contributed by atoms with Gasteiger partial charge in [0.05, 0.1) is 23.9 Å². The average Bonchev–Trinajstić information content (AvgIpc) is 3.18. The van der Waals surface area contributed by atoms with Gasteiger partial charge in [0.2, 0.25) is 0 Å². The molecule has 32 heavy (non-hydrogen) atoms. The third-order valence-electron chi connectivity index (χ3n) is 6.03. The van der Waals surface area contributed by atoms with Crippen LogP contribution in [0, 0.1) is 12.8 Å². The van der Waals surface area contributed by atoms with E-state index in [4.69, 9.17) is 4.74 Å². The molecule has 2 aromatic carbocycles. The quantitative estimate of drug-likeness (QED) is 0.623. The lowest BCUT2D eigenvalue weighted by molar-refractivity contribution is 0.0583. The van der Waals surface area contributed by atoms with Gasteiger partial charge in [0.1, 0.15) is 5.82 Å². The molecule has 3 aromatic rings. The standard InChI is InChI=1S/C24H26N4O4/c1-16-7-3-6-10-20(16)28-21(25-26-24(28)31)15-17-11-13-27(14-12-17)22(29)18-8-4-5-9-19(18)23(30)32-2/h3-10,17H,11-15H2,1-2H3,(H,26,31). The molecule has 1 amide bonds. The van der Waals surface area contributed by atoms with E-state index in [9.17, 15) is 14.4 Å². The van der Waals surface area contributed by atoms with E-state index < -0.39 is 5.97 Å². The first-order valence-electron chi connectivity index (χ1n) is 10.7. The van der Waals surface area contributed by atoms with Crippen LogP contribution >= 0.6 is 0 Å². The van der Waals surface area contributed by atoms with E-state index in [-0.39, 0.29) is 17.2 Å². The molecule has 1 fully saturated rings. The number of para-hydroxylation sites is 1. The van der Waals surface area contributed by atoms with Crippen molar-refractivity contribution in [1.82, 2.24) is 19.7 Å². The van der Waals surface area contributed by atoms with Crippen molar-refractivity contribution in [2.24, 2.45) is 5.92 Å². The summed E-state index contributed by atoms with van der Waals surface area (Å²) in [7, 11) is 1.31. The first-order chi connectivity index (χ1) is 15.5. The molecule has 1 aliphatic heterocycles. The number of methoxy groups -OCH3 is 1. The molecule has 4 rings (SSSR count). The number of H-pyrrole nitrogens is 1. The fraction of sp³-hybridized carbons (Fsp3) is 0.333. The predicted molar refractivity (Wildman–Crippen MR) is 119 cm³/mol. The van der Waals surface area contributed by atoms with Crippen molar-refractivity contribution in [3.63, 3.8) is 0 Å². The van der Waals surface area contributed by atoms with Gasteiger partial charge < -0.3 is 9.64 Å². The Hall–Kier alpha value is -3.68. The van der Waals surface area contributed by atoms with Gasteiger partial charge in [-0.2, -0.15) is 5.10 Å². The third-order valence-corrected chi connectivity index (χ3v) is 6.03. The largest absolute Gasteiger partial charge is 0.465 e. The first-order valence-corrected chi connectivity index (χ1v) is 10.7. The highest BCUT2D eigenvalue weighted by Gasteiger charge is 2.28. The number of ether oxygens (including phenoxy) is 1. The van der Waals surface area contributed by atoms with E-state index in [1.807, 2.05) is 31.2 Å². The minimum Gasteiger partial charge on any atom is -0.465 e. The number of aromatic nitrogens is 3. The lowest BCUT2D eigenvalue weighted by atomic mass is 9.92. The molecule has 0 unspecified atom stereocenters. The van der Waals surface area contributed by atoms with Crippen LogP contribution in [0.25, 0.3) is 5.69 Å². The number of rotatable bonds is 5. The highest BCUT2D eigenvalue weighted by molar-refractivity contribution is 6.05. The second kappa shape index (κ2) is 9.21. The summed E-state index contributed by atoms with van der Waals surface area (Å²) in [5.41, 5.74) is 2.22. The molecule has 1 saturated heterocycles. The van der Waals surface area contributed by atoms with E-state index in [0.29, 0.717) is 36.8 Å². The third kappa shape index (κ3) is 4.21. The number of hydrogen-bond acceptors (Lipinski definition) is 5. The number of hydrogen-bond donors (Lipinski definition) is 1. The van der Waals surface area contributed by atoms with Crippen LogP contribution in [0.3, 0.4) is 0 Å². The summed E-state index contributed by atoms with van der Waals surface area (Å²) in [5, 5.41) is 6.84. The molecule has 0 bridgehead atoms. The Balaban J connectivity index is 1.45. The van der Waals surface area contributed by atoms with Crippen molar-refractivity contribution in [2.45, 2.75) is 26.2 Å². The van der Waals surface area contributed by atoms with E-state index in [2.05, 4.69) is 10.2 Å². The van der Waals surface area contributed by atoms with Crippen molar-refractivity contribution in [3.8, 4) is 5.69 Å². The zero-order valence-electron chi connectivity index (χ0n) is 18.2. The Morgan fingerprint density at radius 3 is 2.41 bits per heavy atom. The van der Waals surface area contributed by atoms with Gasteiger partial charge in [0.25, 0.3) is 5.91 Å². The van der Waals surface area contributed by atoms with Gasteiger partial charge in [-0.05, 0) is 49.4 Å². The van der Waals surface area contributed by atoms with Crippen molar-refractivity contribution in [1.29, 1.82) is 0 Å². The number of aromatic amines is 1. The summed E-state index contributed by atoms with van der Waals surface area (Å²) in [6.07, 6.45) is 2.23. The van der Waals surface area contributed by atoms with E-state index >= 15 is 0 Å². The molecular formula is C24H26N4O4. The molecular weight excluding hydrogens is 408 g/mol. The Labute approximate surface area is 185 Å². The second-order valence-corrected chi connectivity index (χ2v) is 8.04. The van der Waals surface area contributed by atoms with Crippen LogP contribution in [0.15, 0.2) is 53.3 Å². The number of amides is 1. The van der Waals surface area contributed by atoms with Crippen LogP contribution < -0.4 is 5.69 Å². The Kier molecular flexibility index (Phi) is 6.20. The molecule has 166 valence electrons. The smallest absolute Gasteiger partial charge is 0.347 e. The summed E-state index contributed by atoms with van der Waals surface area (Å²) in [4.78, 5) is 39.2. The van der Waals surface area contributed by atoms with Gasteiger partial charge in [-0.25, -0.2) is 19.3 Å². The zero-order chi connectivity index (χ0) is 22.7. The van der Waals surface area contributed by atoms with Crippen molar-refractivity contribution in [2.75, 3.05) is 20.2 Å². The number of benzene rings is 2. The first kappa shape index (κ1) is 21.5. The van der Waals surface area contributed by atoms with Crippen LogP contribution in [0.1, 0.15) is 44.9 Å². The monoisotopic (exact) mass is 434 g/mol. The van der Waals surface area contributed by atoms with Crippen LogP contribution in [0.4, 0.5) is 0 Å². The number of carbonyl (C=O) groups excluding carboxylic acids is 2. The van der Waals surface area contributed by atoms with Crippen molar-refractivity contribution in [3.05, 3.63) is 81.5 Å². The number of piperidine rings is 1. The summed E-state index contributed by atoms with van der Waals surface area (Å²) < 4.78 is 6.45. The Bertz CT molecular complexity index is 1190. The minimum atomic E-state index is -0.517. The average molecular weight is 434 g/mol. The van der Waals surface area contributed by atoms with Gasteiger partial charge in [-0.3, -0.25) is 4.79 Å². The second-order valence-electron chi connectivity index (χ2n) is 8.04. The molecule has 8 nitrogen and oxygen atoms in total. The number of aryl methyl sites for hydroxylation is 1. The molecule has 0 atom stereocenters. The summed E-state index contributed by atoms with van der Waals surface area (Å²) in [6.45, 7) is 3.13. The maximum atomic E-state index is 13.0. The number of esters is 1. The van der Waals surface area contributed by atoms with E-state index in [0.717, 1.165) is 24.1 Å². The SMILES string of the molecule is COC(=O)c1ccccc1C(=O)N1CCC(Cc2n[nH]c(=O)n2-c2ccccc2C)CC1. The number of carbonyl (C=O) groups is 2. The minimum absolute atomic E-state index is 0.166. The normalized spacial score (nSPS) is 14.4. The fourth-order valence-electron chi connectivity index (χ4n) is 4.26. The summed E-state index contributed by atoms with van der Waals surface area (Å²) >= 11 is 0. The van der Waals surface area contributed by atoms with Crippen LogP contribution in [-0.2, 0) is 11.2 Å². The molecule has 1 aromatic heterocycles. The zero-order valence-corrected chi connectivity index (χ0v) is 18.2. The Morgan fingerprint density at radius 1 is 1.06 bits per heavy atom. The maximum absolute atomic E-state index is 13.0. The molecule has 1 aliphatic rings. The highest BCUT2D eigenvalue weighted by atomic mass is 16.5. The van der Waals surface area contributed by atoms with Crippen LogP contribution in [-0.4, -0.2) is 51.7 Å². The Morgan fingerprint density at radius 2 is 1.72 bits per heavy atom. The van der Waals surface area contributed by atoms with Crippen molar-refractivity contribution < 1.29 is 14.3 Å².